The minimum Gasteiger partial charge on any atom is -0.496 e. The highest BCUT2D eigenvalue weighted by Gasteiger charge is 2.19. The molecule has 0 bridgehead atoms. The zero-order valence-corrected chi connectivity index (χ0v) is 15.5. The highest BCUT2D eigenvalue weighted by molar-refractivity contribution is 7.99. The van der Waals surface area contributed by atoms with E-state index in [4.69, 9.17) is 9.84 Å². The van der Waals surface area contributed by atoms with Gasteiger partial charge in [-0.3, -0.25) is 9.59 Å². The first-order valence-corrected chi connectivity index (χ1v) is 9.24. The van der Waals surface area contributed by atoms with Gasteiger partial charge in [0.1, 0.15) is 10.6 Å². The summed E-state index contributed by atoms with van der Waals surface area (Å²) < 4.78 is 5.46. The molecule has 3 aromatic rings. The minimum absolute atomic E-state index is 0.155. The van der Waals surface area contributed by atoms with Crippen LogP contribution in [0, 0.1) is 13.8 Å². The second-order valence-electron chi connectivity index (χ2n) is 5.47. The Labute approximate surface area is 151 Å². The number of hydrogen-bond acceptors (Lipinski definition) is 6. The molecule has 2 N–H and O–H groups in total. The van der Waals surface area contributed by atoms with Crippen LogP contribution in [0.5, 0.6) is 5.75 Å². The zero-order chi connectivity index (χ0) is 18.1. The van der Waals surface area contributed by atoms with Gasteiger partial charge in [-0.2, -0.15) is 0 Å². The van der Waals surface area contributed by atoms with E-state index in [0.29, 0.717) is 21.1 Å². The second-order valence-corrected chi connectivity index (χ2v) is 7.64. The number of carbonyl (C=O) groups is 1. The standard InChI is InChI=1S/C17H16N2O4S2/c1-8-4-5-11(23-3)10(6-8)13-9(2)25-16-14(13)15(22)18-17(19-16)24-7-12(20)21/h4-6H,7H2,1-3H3,(H,20,21)(H,18,19,22). The largest absolute Gasteiger partial charge is 0.496 e. The molecule has 25 heavy (non-hydrogen) atoms. The Hall–Kier alpha value is -2.32. The molecule has 0 fully saturated rings. The number of carboxylic acids is 1. The summed E-state index contributed by atoms with van der Waals surface area (Å²) in [6.07, 6.45) is 0. The first kappa shape index (κ1) is 17.5. The van der Waals surface area contributed by atoms with Crippen molar-refractivity contribution in [3.05, 3.63) is 39.0 Å². The third-order valence-electron chi connectivity index (χ3n) is 3.67. The molecule has 6 nitrogen and oxygen atoms in total. The maximum atomic E-state index is 12.6. The van der Waals surface area contributed by atoms with Crippen LogP contribution < -0.4 is 10.3 Å². The number of thioether (sulfide) groups is 1. The number of rotatable bonds is 5. The number of aromatic nitrogens is 2. The van der Waals surface area contributed by atoms with Gasteiger partial charge in [0.15, 0.2) is 5.16 Å². The van der Waals surface area contributed by atoms with Crippen molar-refractivity contribution in [3.63, 3.8) is 0 Å². The normalized spacial score (nSPS) is 11.0. The Balaban J connectivity index is 2.21. The third-order valence-corrected chi connectivity index (χ3v) is 5.53. The van der Waals surface area contributed by atoms with Crippen LogP contribution in [0.3, 0.4) is 0 Å². The highest BCUT2D eigenvalue weighted by atomic mass is 32.2. The van der Waals surface area contributed by atoms with Crippen molar-refractivity contribution >= 4 is 39.3 Å². The number of ether oxygens (including phenoxy) is 1. The molecule has 0 aliphatic carbocycles. The molecule has 0 radical (unpaired) electrons. The van der Waals surface area contributed by atoms with Gasteiger partial charge < -0.3 is 14.8 Å². The third kappa shape index (κ3) is 3.40. The molecular weight excluding hydrogens is 360 g/mol. The van der Waals surface area contributed by atoms with Gasteiger partial charge in [-0.25, -0.2) is 4.98 Å². The molecule has 130 valence electrons. The van der Waals surface area contributed by atoms with E-state index < -0.39 is 5.97 Å². The van der Waals surface area contributed by atoms with E-state index >= 15 is 0 Å². The number of nitrogens with zero attached hydrogens (tertiary/aromatic N) is 1. The number of carboxylic acid groups (broad SMARTS) is 1. The zero-order valence-electron chi connectivity index (χ0n) is 13.9. The molecule has 3 rings (SSSR count). The van der Waals surface area contributed by atoms with E-state index in [2.05, 4.69) is 9.97 Å². The molecule has 0 saturated carbocycles. The number of aryl methyl sites for hydroxylation is 2. The quantitative estimate of drug-likeness (QED) is 0.523. The van der Waals surface area contributed by atoms with E-state index in [1.807, 2.05) is 32.0 Å². The van der Waals surface area contributed by atoms with Crippen LogP contribution in [0.2, 0.25) is 0 Å². The van der Waals surface area contributed by atoms with Gasteiger partial charge in [0.25, 0.3) is 5.56 Å². The summed E-state index contributed by atoms with van der Waals surface area (Å²) in [6.45, 7) is 3.92. The van der Waals surface area contributed by atoms with Crippen molar-refractivity contribution in [2.24, 2.45) is 0 Å². The van der Waals surface area contributed by atoms with Crippen molar-refractivity contribution in [1.29, 1.82) is 0 Å². The lowest BCUT2D eigenvalue weighted by atomic mass is 10.0. The molecule has 2 aromatic heterocycles. The lowest BCUT2D eigenvalue weighted by molar-refractivity contribution is -0.133. The molecule has 0 amide bonds. The van der Waals surface area contributed by atoms with E-state index in [9.17, 15) is 9.59 Å². The number of methoxy groups -OCH3 is 1. The fraction of sp³-hybridized carbons (Fsp3) is 0.235. The Morgan fingerprint density at radius 1 is 1.40 bits per heavy atom. The Bertz CT molecular complexity index is 1020. The van der Waals surface area contributed by atoms with Crippen LogP contribution in [-0.4, -0.2) is 33.9 Å². The number of thiophene rings is 1. The monoisotopic (exact) mass is 376 g/mol. The van der Waals surface area contributed by atoms with Gasteiger partial charge in [-0.05, 0) is 26.0 Å². The second kappa shape index (κ2) is 6.89. The number of aliphatic carboxylic acids is 1. The van der Waals surface area contributed by atoms with Crippen LogP contribution in [0.4, 0.5) is 0 Å². The predicted molar refractivity (Wildman–Crippen MR) is 100 cm³/mol. The lowest BCUT2D eigenvalue weighted by Crippen LogP contribution is -2.10. The van der Waals surface area contributed by atoms with E-state index in [-0.39, 0.29) is 11.3 Å². The van der Waals surface area contributed by atoms with Gasteiger partial charge in [-0.1, -0.05) is 23.4 Å². The lowest BCUT2D eigenvalue weighted by Gasteiger charge is -2.10. The van der Waals surface area contributed by atoms with Crippen molar-refractivity contribution in [3.8, 4) is 16.9 Å². The molecule has 2 heterocycles. The van der Waals surface area contributed by atoms with E-state index in [0.717, 1.165) is 33.3 Å². The molecule has 0 aliphatic rings. The number of hydrogen-bond donors (Lipinski definition) is 2. The molecule has 0 unspecified atom stereocenters. The number of fused-ring (bicyclic) bond motifs is 1. The molecule has 1 aromatic carbocycles. The van der Waals surface area contributed by atoms with Crippen molar-refractivity contribution < 1.29 is 14.6 Å². The Morgan fingerprint density at radius 2 is 2.16 bits per heavy atom. The topological polar surface area (TPSA) is 92.3 Å². The Morgan fingerprint density at radius 3 is 2.84 bits per heavy atom. The average Bonchev–Trinajstić information content (AvgIpc) is 2.89. The predicted octanol–water partition coefficient (Wildman–Crippen LogP) is 3.45. The van der Waals surface area contributed by atoms with E-state index in [1.54, 1.807) is 7.11 Å². The summed E-state index contributed by atoms with van der Waals surface area (Å²) in [5.41, 5.74) is 2.45. The molecule has 8 heteroatoms. The fourth-order valence-corrected chi connectivity index (χ4v) is 4.32. The van der Waals surface area contributed by atoms with Gasteiger partial charge in [0.05, 0.1) is 18.2 Å². The number of benzene rings is 1. The van der Waals surface area contributed by atoms with Crippen molar-refractivity contribution in [2.75, 3.05) is 12.9 Å². The summed E-state index contributed by atoms with van der Waals surface area (Å²) in [5, 5.41) is 9.60. The van der Waals surface area contributed by atoms with Crippen molar-refractivity contribution in [2.45, 2.75) is 19.0 Å². The first-order valence-electron chi connectivity index (χ1n) is 7.43. The number of nitrogens with one attached hydrogen (secondary N) is 1. The molecular formula is C17H16N2O4S2. The van der Waals surface area contributed by atoms with Crippen LogP contribution in [0.15, 0.2) is 28.2 Å². The van der Waals surface area contributed by atoms with Gasteiger partial charge in [0, 0.05) is 16.0 Å². The highest BCUT2D eigenvalue weighted by Crippen LogP contribution is 2.40. The maximum Gasteiger partial charge on any atom is 0.313 e. The summed E-state index contributed by atoms with van der Waals surface area (Å²) in [7, 11) is 1.60. The van der Waals surface area contributed by atoms with Gasteiger partial charge >= 0.3 is 5.97 Å². The molecule has 0 spiro atoms. The molecule has 0 saturated heterocycles. The van der Waals surface area contributed by atoms with Crippen LogP contribution in [0.1, 0.15) is 10.4 Å². The minimum atomic E-state index is -0.958. The summed E-state index contributed by atoms with van der Waals surface area (Å²) in [5.74, 6) is -0.422. The molecule has 0 atom stereocenters. The van der Waals surface area contributed by atoms with Crippen molar-refractivity contribution in [1.82, 2.24) is 9.97 Å². The average molecular weight is 376 g/mol. The fourth-order valence-electron chi connectivity index (χ4n) is 2.64. The summed E-state index contributed by atoms with van der Waals surface area (Å²) in [6, 6.07) is 5.82. The smallest absolute Gasteiger partial charge is 0.313 e. The van der Waals surface area contributed by atoms with E-state index in [1.165, 1.54) is 11.3 Å². The van der Waals surface area contributed by atoms with Gasteiger partial charge in [-0.15, -0.1) is 11.3 Å². The number of aromatic amines is 1. The number of H-pyrrole nitrogens is 1. The van der Waals surface area contributed by atoms with Gasteiger partial charge in [0.2, 0.25) is 0 Å². The summed E-state index contributed by atoms with van der Waals surface area (Å²) >= 11 is 2.41. The first-order chi connectivity index (χ1) is 11.9. The molecule has 0 aliphatic heterocycles. The SMILES string of the molecule is COc1ccc(C)cc1-c1c(C)sc2nc(SCC(=O)O)[nH]c(=O)c12. The van der Waals surface area contributed by atoms with Crippen LogP contribution in [-0.2, 0) is 4.79 Å². The maximum absolute atomic E-state index is 12.6. The van der Waals surface area contributed by atoms with Crippen LogP contribution in [0.25, 0.3) is 21.3 Å². The summed E-state index contributed by atoms with van der Waals surface area (Å²) in [4.78, 5) is 32.0. The Kier molecular flexibility index (Phi) is 4.82. The van der Waals surface area contributed by atoms with Crippen LogP contribution >= 0.6 is 23.1 Å².